The zero-order chi connectivity index (χ0) is 27.1. The highest BCUT2D eigenvalue weighted by Crippen LogP contribution is 2.26. The molecule has 3 unspecified atom stereocenters. The summed E-state index contributed by atoms with van der Waals surface area (Å²) in [6, 6.07) is 10.7. The average Bonchev–Trinajstić information content (AvgIpc) is 3.40. The van der Waals surface area contributed by atoms with Crippen molar-refractivity contribution in [1.82, 2.24) is 15.8 Å². The van der Waals surface area contributed by atoms with E-state index in [0.717, 1.165) is 32.4 Å². The molecule has 4 rings (SSSR count). The molecule has 0 aromatic heterocycles. The lowest BCUT2D eigenvalue weighted by Crippen LogP contribution is -2.55. The molecule has 12 heteroatoms. The number of benzene rings is 2. The molecular formula is C26H29Cl2N3O7. The Morgan fingerprint density at radius 2 is 1.61 bits per heavy atom. The smallest absolute Gasteiger partial charge is 0.326 e. The first-order valence-electron chi connectivity index (χ1n) is 12.3. The van der Waals surface area contributed by atoms with Gasteiger partial charge >= 0.3 is 5.97 Å². The van der Waals surface area contributed by atoms with Crippen LogP contribution in [0, 0.1) is 0 Å². The molecule has 10 nitrogen and oxygen atoms in total. The summed E-state index contributed by atoms with van der Waals surface area (Å²) in [5.41, 5.74) is 4.08. The Balaban J connectivity index is 1.32. The van der Waals surface area contributed by atoms with E-state index in [4.69, 9.17) is 37.4 Å². The first-order valence-corrected chi connectivity index (χ1v) is 13.0. The maximum atomic E-state index is 12.9. The summed E-state index contributed by atoms with van der Waals surface area (Å²) >= 11 is 12.3. The molecule has 2 aliphatic rings. The molecule has 0 bridgehead atoms. The van der Waals surface area contributed by atoms with Gasteiger partial charge in [0.1, 0.15) is 25.2 Å². The number of nitrogens with one attached hydrogen (secondary N) is 2. The Hall–Kier alpha value is -2.89. The number of piperidine rings is 1. The third-order valence-corrected chi connectivity index (χ3v) is 7.04. The third kappa shape index (κ3) is 7.36. The van der Waals surface area contributed by atoms with Gasteiger partial charge in [-0.05, 0) is 42.7 Å². The van der Waals surface area contributed by atoms with Gasteiger partial charge in [-0.1, -0.05) is 47.8 Å². The fourth-order valence-electron chi connectivity index (χ4n) is 4.25. The maximum Gasteiger partial charge on any atom is 0.326 e. The molecule has 2 heterocycles. The molecule has 3 atom stereocenters. The summed E-state index contributed by atoms with van der Waals surface area (Å²) in [4.78, 5) is 37.4. The predicted molar refractivity (Wildman–Crippen MR) is 139 cm³/mol. The molecule has 2 fully saturated rings. The summed E-state index contributed by atoms with van der Waals surface area (Å²) in [6.07, 6.45) is 0.619. The Morgan fingerprint density at radius 3 is 2.24 bits per heavy atom. The fourth-order valence-corrected chi connectivity index (χ4v) is 4.76. The van der Waals surface area contributed by atoms with Crippen LogP contribution in [0.5, 0.6) is 5.75 Å². The van der Waals surface area contributed by atoms with E-state index < -0.39 is 36.0 Å². The highest BCUT2D eigenvalue weighted by atomic mass is 35.5. The van der Waals surface area contributed by atoms with E-state index >= 15 is 0 Å². The van der Waals surface area contributed by atoms with Crippen molar-refractivity contribution in [2.45, 2.75) is 50.5 Å². The fraction of sp³-hybridized carbons (Fsp3) is 0.423. The van der Waals surface area contributed by atoms with Gasteiger partial charge in [0.15, 0.2) is 12.2 Å². The van der Waals surface area contributed by atoms with Crippen LogP contribution in [0.25, 0.3) is 0 Å². The van der Waals surface area contributed by atoms with Crippen molar-refractivity contribution in [3.8, 4) is 5.75 Å². The van der Waals surface area contributed by atoms with E-state index in [1.165, 1.54) is 0 Å². The van der Waals surface area contributed by atoms with Gasteiger partial charge in [-0.15, -0.1) is 0 Å². The van der Waals surface area contributed by atoms with Gasteiger partial charge in [0.05, 0.1) is 0 Å². The molecule has 0 aliphatic carbocycles. The number of carbonyl (C=O) groups is 3. The minimum Gasteiger partial charge on any atom is -0.489 e. The summed E-state index contributed by atoms with van der Waals surface area (Å²) < 4.78 is 16.4. The van der Waals surface area contributed by atoms with Crippen molar-refractivity contribution in [3.63, 3.8) is 0 Å². The second kappa shape index (κ2) is 13.3. The standard InChI is InChI=1S/C26H29Cl2N3O7/c27-19-5-4-6-20(28)18(19)14-36-17-9-7-16(8-10-17)13-21(26(34)35)29-24(32)22-23(38-15-37-22)25(33)30-31-11-2-1-3-12-31/h4-10,21-23H,1-3,11-15H2,(H,29,32)(H,30,33)(H,34,35). The molecule has 204 valence electrons. The van der Waals surface area contributed by atoms with Gasteiger partial charge in [0.2, 0.25) is 0 Å². The number of ether oxygens (including phenoxy) is 3. The molecule has 2 aromatic rings. The largest absolute Gasteiger partial charge is 0.489 e. The lowest BCUT2D eigenvalue weighted by Gasteiger charge is -2.28. The lowest BCUT2D eigenvalue weighted by atomic mass is 10.0. The number of rotatable bonds is 10. The molecule has 38 heavy (non-hydrogen) atoms. The molecule has 0 saturated carbocycles. The Kier molecular flexibility index (Phi) is 9.81. The number of aliphatic carboxylic acids is 1. The number of nitrogens with zero attached hydrogens (tertiary/aromatic N) is 1. The predicted octanol–water partition coefficient (Wildman–Crippen LogP) is 2.94. The van der Waals surface area contributed by atoms with Crippen LogP contribution in [0.4, 0.5) is 0 Å². The number of hydrogen-bond acceptors (Lipinski definition) is 7. The Labute approximate surface area is 230 Å². The second-order valence-corrected chi connectivity index (χ2v) is 9.87. The summed E-state index contributed by atoms with van der Waals surface area (Å²) in [7, 11) is 0. The van der Waals surface area contributed by atoms with E-state index in [1.807, 2.05) is 0 Å². The first kappa shape index (κ1) is 28.1. The van der Waals surface area contributed by atoms with Gasteiger partial charge in [-0.25, -0.2) is 9.80 Å². The first-order chi connectivity index (χ1) is 18.3. The number of carbonyl (C=O) groups excluding carboxylic acids is 2. The van der Waals surface area contributed by atoms with Gasteiger partial charge in [-0.3, -0.25) is 15.0 Å². The van der Waals surface area contributed by atoms with E-state index in [9.17, 15) is 19.5 Å². The lowest BCUT2D eigenvalue weighted by molar-refractivity contribution is -0.145. The van der Waals surface area contributed by atoms with Crippen molar-refractivity contribution in [2.75, 3.05) is 19.9 Å². The van der Waals surface area contributed by atoms with Gasteiger partial charge in [-0.2, -0.15) is 0 Å². The summed E-state index contributed by atoms with van der Waals surface area (Å²) in [6.45, 7) is 1.36. The minimum atomic E-state index is -1.26. The number of carboxylic acid groups (broad SMARTS) is 1. The quantitative estimate of drug-likeness (QED) is 0.401. The SMILES string of the molecule is O=C(O)C(Cc1ccc(OCc2c(Cl)cccc2Cl)cc1)NC(=O)C1OCOC1C(=O)NN1CCCCC1. The van der Waals surface area contributed by atoms with Crippen LogP contribution in [-0.4, -0.2) is 66.0 Å². The monoisotopic (exact) mass is 565 g/mol. The average molecular weight is 566 g/mol. The molecule has 2 aromatic carbocycles. The Morgan fingerprint density at radius 1 is 0.974 bits per heavy atom. The number of amides is 2. The van der Waals surface area contributed by atoms with Crippen LogP contribution in [0.3, 0.4) is 0 Å². The normalized spacial score (nSPS) is 20.5. The van der Waals surface area contributed by atoms with Crippen LogP contribution in [-0.2, 0) is 36.9 Å². The number of halogens is 2. The van der Waals surface area contributed by atoms with Crippen molar-refractivity contribution >= 4 is 41.0 Å². The minimum absolute atomic E-state index is 0.00983. The maximum absolute atomic E-state index is 12.9. The van der Waals surface area contributed by atoms with Crippen LogP contribution in [0.1, 0.15) is 30.4 Å². The van der Waals surface area contributed by atoms with E-state index in [0.29, 0.717) is 26.9 Å². The highest BCUT2D eigenvalue weighted by Gasteiger charge is 2.42. The van der Waals surface area contributed by atoms with Crippen molar-refractivity contribution < 1.29 is 33.7 Å². The summed E-state index contributed by atoms with van der Waals surface area (Å²) in [5.74, 6) is -1.91. The number of carboxylic acids is 1. The zero-order valence-electron chi connectivity index (χ0n) is 20.5. The highest BCUT2D eigenvalue weighted by molar-refractivity contribution is 6.35. The number of hydrogen-bond donors (Lipinski definition) is 3. The molecule has 2 saturated heterocycles. The van der Waals surface area contributed by atoms with Crippen LogP contribution in [0.2, 0.25) is 10.0 Å². The molecule has 0 radical (unpaired) electrons. The van der Waals surface area contributed by atoms with Crippen molar-refractivity contribution in [1.29, 1.82) is 0 Å². The van der Waals surface area contributed by atoms with E-state index in [1.54, 1.807) is 47.5 Å². The van der Waals surface area contributed by atoms with Crippen molar-refractivity contribution in [3.05, 3.63) is 63.6 Å². The topological polar surface area (TPSA) is 126 Å². The van der Waals surface area contributed by atoms with Gasteiger partial charge in [0, 0.05) is 35.1 Å². The Bertz CT molecular complexity index is 1120. The molecule has 2 aliphatic heterocycles. The third-order valence-electron chi connectivity index (χ3n) is 6.33. The zero-order valence-corrected chi connectivity index (χ0v) is 22.0. The van der Waals surface area contributed by atoms with Gasteiger partial charge in [0.25, 0.3) is 11.8 Å². The molecule has 0 spiro atoms. The summed E-state index contributed by atoms with van der Waals surface area (Å²) in [5, 5.41) is 15.0. The second-order valence-electron chi connectivity index (χ2n) is 9.05. The van der Waals surface area contributed by atoms with Gasteiger partial charge < -0.3 is 24.6 Å². The van der Waals surface area contributed by atoms with Crippen LogP contribution >= 0.6 is 23.2 Å². The van der Waals surface area contributed by atoms with Crippen LogP contribution < -0.4 is 15.5 Å². The van der Waals surface area contributed by atoms with Crippen molar-refractivity contribution in [2.24, 2.45) is 0 Å². The van der Waals surface area contributed by atoms with E-state index in [-0.39, 0.29) is 19.8 Å². The molecule has 2 amide bonds. The van der Waals surface area contributed by atoms with Crippen LogP contribution in [0.15, 0.2) is 42.5 Å². The molecule has 3 N–H and O–H groups in total. The van der Waals surface area contributed by atoms with E-state index in [2.05, 4.69) is 10.7 Å². The molecular weight excluding hydrogens is 537 g/mol. The number of hydrazine groups is 1.